The predicted octanol–water partition coefficient (Wildman–Crippen LogP) is 4.15. The van der Waals surface area contributed by atoms with Crippen molar-refractivity contribution in [2.24, 2.45) is 0 Å². The van der Waals surface area contributed by atoms with Crippen LogP contribution in [-0.2, 0) is 9.53 Å². The van der Waals surface area contributed by atoms with Crippen LogP contribution in [0.1, 0.15) is 29.2 Å². The van der Waals surface area contributed by atoms with Crippen LogP contribution in [0.5, 0.6) is 0 Å². The fourth-order valence-electron chi connectivity index (χ4n) is 3.56. The van der Waals surface area contributed by atoms with E-state index in [1.54, 1.807) is 0 Å². The van der Waals surface area contributed by atoms with Crippen molar-refractivity contribution >= 4 is 22.4 Å². The molecule has 0 saturated carbocycles. The summed E-state index contributed by atoms with van der Waals surface area (Å²) >= 11 is 0. The van der Waals surface area contributed by atoms with Crippen LogP contribution in [0.25, 0.3) is 16.5 Å². The Bertz CT molecular complexity index is 953. The Morgan fingerprint density at radius 1 is 1.12 bits per heavy atom. The largest absolute Gasteiger partial charge is 0.511 e. The predicted molar refractivity (Wildman–Crippen MR) is 92.8 cm³/mol. The van der Waals surface area contributed by atoms with E-state index in [2.05, 4.69) is 4.98 Å². The third-order valence-corrected chi connectivity index (χ3v) is 4.62. The zero-order chi connectivity index (χ0) is 16.7. The molecule has 0 spiro atoms. The van der Waals surface area contributed by atoms with Crippen molar-refractivity contribution in [1.82, 2.24) is 4.98 Å². The second-order valence-corrected chi connectivity index (χ2v) is 5.94. The molecule has 0 saturated heterocycles. The number of aliphatic hydroxyl groups excluding tert-OH is 1. The van der Waals surface area contributed by atoms with Gasteiger partial charge in [0.1, 0.15) is 11.3 Å². The molecule has 4 heteroatoms. The van der Waals surface area contributed by atoms with Gasteiger partial charge < -0.3 is 14.8 Å². The number of H-pyrrole nitrogens is 1. The van der Waals surface area contributed by atoms with E-state index in [4.69, 9.17) is 4.74 Å². The summed E-state index contributed by atoms with van der Waals surface area (Å²) in [6.07, 6.45) is 0.378. The Morgan fingerprint density at radius 3 is 2.58 bits per heavy atom. The van der Waals surface area contributed by atoms with Crippen molar-refractivity contribution in [3.05, 3.63) is 77.2 Å². The second kappa shape index (κ2) is 5.57. The van der Waals surface area contributed by atoms with Crippen molar-refractivity contribution in [3.8, 4) is 0 Å². The Labute approximate surface area is 139 Å². The van der Waals surface area contributed by atoms with E-state index in [0.717, 1.165) is 22.0 Å². The number of fused-ring (bicyclic) bond motifs is 3. The van der Waals surface area contributed by atoms with E-state index in [-0.39, 0.29) is 17.3 Å². The number of para-hydroxylation sites is 1. The quantitative estimate of drug-likeness (QED) is 0.698. The first-order chi connectivity index (χ1) is 11.7. The maximum Gasteiger partial charge on any atom is 0.343 e. The lowest BCUT2D eigenvalue weighted by Gasteiger charge is -2.25. The smallest absolute Gasteiger partial charge is 0.343 e. The SMILES string of the molecule is COC(=O)C1=C(O)CC(c2ccccc2)c2c1[nH]c1ccccc21. The fraction of sp³-hybridized carbons (Fsp3) is 0.150. The minimum atomic E-state index is -0.521. The number of rotatable bonds is 2. The number of aromatic amines is 1. The molecule has 1 atom stereocenters. The Kier molecular flexibility index (Phi) is 3.38. The van der Waals surface area contributed by atoms with E-state index in [0.29, 0.717) is 12.1 Å². The van der Waals surface area contributed by atoms with Crippen LogP contribution in [0, 0.1) is 0 Å². The maximum atomic E-state index is 12.2. The van der Waals surface area contributed by atoms with E-state index in [9.17, 15) is 9.90 Å². The minimum absolute atomic E-state index is 0.00856. The Balaban J connectivity index is 2.01. The molecule has 0 amide bonds. The van der Waals surface area contributed by atoms with Crippen LogP contribution in [0.3, 0.4) is 0 Å². The number of ether oxygens (including phenoxy) is 1. The molecule has 0 aliphatic heterocycles. The van der Waals surface area contributed by atoms with Gasteiger partial charge in [0, 0.05) is 23.2 Å². The molecule has 4 rings (SSSR count). The number of carbonyl (C=O) groups excluding carboxylic acids is 1. The van der Waals surface area contributed by atoms with Crippen molar-refractivity contribution in [2.75, 3.05) is 7.11 Å². The summed E-state index contributed by atoms with van der Waals surface area (Å²) < 4.78 is 4.88. The average Bonchev–Trinajstić information content (AvgIpc) is 3.00. The molecule has 1 aliphatic rings. The summed E-state index contributed by atoms with van der Waals surface area (Å²) in [6.45, 7) is 0. The minimum Gasteiger partial charge on any atom is -0.511 e. The highest BCUT2D eigenvalue weighted by molar-refractivity contribution is 6.19. The van der Waals surface area contributed by atoms with Crippen molar-refractivity contribution in [2.45, 2.75) is 12.3 Å². The molecule has 1 aromatic heterocycles. The van der Waals surface area contributed by atoms with Crippen LogP contribution in [0.2, 0.25) is 0 Å². The Morgan fingerprint density at radius 2 is 1.83 bits per heavy atom. The molecule has 0 fully saturated rings. The average molecular weight is 319 g/mol. The van der Waals surface area contributed by atoms with Gasteiger partial charge in [-0.3, -0.25) is 0 Å². The van der Waals surface area contributed by atoms with E-state index in [1.165, 1.54) is 7.11 Å². The number of allylic oxidation sites excluding steroid dienone is 1. The maximum absolute atomic E-state index is 12.2. The number of aliphatic hydroxyl groups is 1. The lowest BCUT2D eigenvalue weighted by Crippen LogP contribution is -2.17. The summed E-state index contributed by atoms with van der Waals surface area (Å²) in [5.41, 5.74) is 3.98. The lowest BCUT2D eigenvalue weighted by molar-refractivity contribution is -0.133. The number of carbonyl (C=O) groups is 1. The number of esters is 1. The molecular weight excluding hydrogens is 302 g/mol. The fourth-order valence-corrected chi connectivity index (χ4v) is 3.56. The molecule has 120 valence electrons. The molecule has 4 nitrogen and oxygen atoms in total. The highest BCUT2D eigenvalue weighted by Crippen LogP contribution is 2.45. The first kappa shape index (κ1) is 14.6. The summed E-state index contributed by atoms with van der Waals surface area (Å²) in [5, 5.41) is 11.6. The molecule has 1 heterocycles. The topological polar surface area (TPSA) is 62.3 Å². The van der Waals surface area contributed by atoms with Crippen LogP contribution >= 0.6 is 0 Å². The highest BCUT2D eigenvalue weighted by atomic mass is 16.5. The van der Waals surface area contributed by atoms with E-state index in [1.807, 2.05) is 54.6 Å². The third-order valence-electron chi connectivity index (χ3n) is 4.62. The highest BCUT2D eigenvalue weighted by Gasteiger charge is 2.34. The normalized spacial score (nSPS) is 17.0. The van der Waals surface area contributed by atoms with Gasteiger partial charge in [-0.25, -0.2) is 4.79 Å². The van der Waals surface area contributed by atoms with Crippen molar-refractivity contribution < 1.29 is 14.6 Å². The Hall–Kier alpha value is -3.01. The van der Waals surface area contributed by atoms with Gasteiger partial charge in [-0.15, -0.1) is 0 Å². The van der Waals surface area contributed by atoms with Gasteiger partial charge in [0.05, 0.1) is 12.8 Å². The van der Waals surface area contributed by atoms with Gasteiger partial charge >= 0.3 is 5.97 Å². The van der Waals surface area contributed by atoms with Gasteiger partial charge in [0.15, 0.2) is 0 Å². The molecular formula is C20H17NO3. The molecule has 2 aromatic carbocycles. The van der Waals surface area contributed by atoms with Crippen LogP contribution < -0.4 is 0 Å². The van der Waals surface area contributed by atoms with Gasteiger partial charge in [0.2, 0.25) is 0 Å². The van der Waals surface area contributed by atoms with Crippen LogP contribution in [0.15, 0.2) is 60.4 Å². The number of benzene rings is 2. The van der Waals surface area contributed by atoms with Crippen molar-refractivity contribution in [3.63, 3.8) is 0 Å². The van der Waals surface area contributed by atoms with Crippen LogP contribution in [-0.4, -0.2) is 23.2 Å². The third kappa shape index (κ3) is 2.11. The molecule has 2 N–H and O–H groups in total. The van der Waals surface area contributed by atoms with E-state index < -0.39 is 5.97 Å². The summed E-state index contributed by atoms with van der Waals surface area (Å²) in [7, 11) is 1.33. The first-order valence-electron chi connectivity index (χ1n) is 7.87. The molecule has 0 radical (unpaired) electrons. The van der Waals surface area contributed by atoms with E-state index >= 15 is 0 Å². The molecule has 24 heavy (non-hydrogen) atoms. The summed E-state index contributed by atoms with van der Waals surface area (Å²) in [5.74, 6) is -0.465. The number of aromatic nitrogens is 1. The van der Waals surface area contributed by atoms with Gasteiger partial charge in [-0.1, -0.05) is 48.5 Å². The number of methoxy groups -OCH3 is 1. The lowest BCUT2D eigenvalue weighted by atomic mass is 9.80. The monoisotopic (exact) mass is 319 g/mol. The number of hydrogen-bond acceptors (Lipinski definition) is 3. The van der Waals surface area contributed by atoms with Gasteiger partial charge in [-0.2, -0.15) is 0 Å². The van der Waals surface area contributed by atoms with Crippen molar-refractivity contribution in [1.29, 1.82) is 0 Å². The standard InChI is InChI=1S/C20H17NO3/c1-24-20(23)18-16(22)11-14(12-7-3-2-4-8-12)17-13-9-5-6-10-15(13)21-19(17)18/h2-10,14,21-22H,11H2,1H3. The molecule has 3 aromatic rings. The first-order valence-corrected chi connectivity index (χ1v) is 7.87. The van der Waals surface area contributed by atoms with Gasteiger partial charge in [0.25, 0.3) is 0 Å². The van der Waals surface area contributed by atoms with Crippen LogP contribution in [0.4, 0.5) is 0 Å². The molecule has 1 aliphatic carbocycles. The molecule has 1 unspecified atom stereocenters. The summed E-state index contributed by atoms with van der Waals surface area (Å²) in [6, 6.07) is 18.0. The molecule has 0 bridgehead atoms. The number of hydrogen-bond donors (Lipinski definition) is 2. The second-order valence-electron chi connectivity index (χ2n) is 5.94. The summed E-state index contributed by atoms with van der Waals surface area (Å²) in [4.78, 5) is 15.5. The zero-order valence-electron chi connectivity index (χ0n) is 13.2. The number of nitrogens with one attached hydrogen (secondary N) is 1. The zero-order valence-corrected chi connectivity index (χ0v) is 13.2. The van der Waals surface area contributed by atoms with Gasteiger partial charge in [-0.05, 0) is 17.2 Å².